The number of aryl methyl sites for hydroxylation is 1. The Hall–Kier alpha value is -2.17. The number of aromatic nitrogens is 1. The van der Waals surface area contributed by atoms with Crippen molar-refractivity contribution in [2.24, 2.45) is 0 Å². The van der Waals surface area contributed by atoms with E-state index in [4.69, 9.17) is 16.7 Å². The number of carbonyl (C=O) groups is 1. The minimum atomic E-state index is -0.906. The van der Waals surface area contributed by atoms with Gasteiger partial charge in [-0.3, -0.25) is 0 Å². The summed E-state index contributed by atoms with van der Waals surface area (Å²) in [5, 5.41) is 11.7. The summed E-state index contributed by atoms with van der Waals surface area (Å²) in [5.74, 6) is -0.906. The molecule has 2 aromatic carbocycles. The van der Waals surface area contributed by atoms with Crippen LogP contribution in [0.4, 0.5) is 0 Å². The molecule has 0 spiro atoms. The summed E-state index contributed by atoms with van der Waals surface area (Å²) in [6, 6.07) is 12.9. The van der Waals surface area contributed by atoms with E-state index in [2.05, 4.69) is 21.6 Å². The molecule has 0 unspecified atom stereocenters. The van der Waals surface area contributed by atoms with E-state index < -0.39 is 5.97 Å². The van der Waals surface area contributed by atoms with Crippen LogP contribution in [0.1, 0.15) is 21.5 Å². The largest absolute Gasteiger partial charge is 0.478 e. The molecule has 1 heterocycles. The molecule has 1 aromatic heterocycles. The Labute approximate surface area is 143 Å². The van der Waals surface area contributed by atoms with E-state index in [9.17, 15) is 4.79 Å². The third kappa shape index (κ3) is 3.60. The van der Waals surface area contributed by atoms with Gasteiger partial charge in [0.25, 0.3) is 0 Å². The number of halogens is 1. The average Bonchev–Trinajstić information content (AvgIpc) is 2.98. The van der Waals surface area contributed by atoms with Gasteiger partial charge in [-0.15, -0.1) is 3.96 Å². The molecule has 0 aliphatic rings. The highest BCUT2D eigenvalue weighted by Gasteiger charge is 2.13. The third-order valence-electron chi connectivity index (χ3n) is 3.57. The van der Waals surface area contributed by atoms with Crippen LogP contribution in [0, 0.1) is 6.92 Å². The van der Waals surface area contributed by atoms with E-state index >= 15 is 0 Å². The van der Waals surface area contributed by atoms with Crippen molar-refractivity contribution in [3.8, 4) is 11.1 Å². The Balaban J connectivity index is 1.82. The number of hydrogen-bond acceptors (Lipinski definition) is 2. The van der Waals surface area contributed by atoms with Crippen LogP contribution in [0.15, 0.2) is 54.0 Å². The number of carboxylic acids is 1. The lowest BCUT2D eigenvalue weighted by atomic mass is 10.1. The van der Waals surface area contributed by atoms with Crippen LogP contribution < -0.4 is 3.96 Å². The molecule has 5 heteroatoms. The van der Waals surface area contributed by atoms with Crippen LogP contribution in [0.3, 0.4) is 0 Å². The molecule has 0 radical (unpaired) electrons. The number of aromatic carboxylic acids is 1. The van der Waals surface area contributed by atoms with Gasteiger partial charge in [0, 0.05) is 16.1 Å². The van der Waals surface area contributed by atoms with E-state index in [-0.39, 0.29) is 0 Å². The van der Waals surface area contributed by atoms with Crippen LogP contribution in [0.25, 0.3) is 11.1 Å². The molecule has 0 saturated heterocycles. The summed E-state index contributed by atoms with van der Waals surface area (Å²) >= 11 is 7.89. The number of nitrogens with zero attached hydrogens (tertiary/aromatic N) is 1. The van der Waals surface area contributed by atoms with E-state index in [0.29, 0.717) is 12.1 Å². The molecule has 0 amide bonds. The van der Waals surface area contributed by atoms with Crippen molar-refractivity contribution in [2.75, 3.05) is 0 Å². The number of hydrogen-bond donors (Lipinski definition) is 1. The standard InChI is InChI=1S/C18H14ClNO2S/c1-12-2-7-17(19)16(8-12)15-10-20(23-11-15)9-13-3-5-14(6-4-13)18(21)22/h2-8,10-11H,9H2,1H3/p+1. The second kappa shape index (κ2) is 6.52. The first-order chi connectivity index (χ1) is 11.0. The highest BCUT2D eigenvalue weighted by molar-refractivity contribution is 6.99. The summed E-state index contributed by atoms with van der Waals surface area (Å²) in [4.78, 5) is 10.9. The third-order valence-corrected chi connectivity index (χ3v) is 4.76. The summed E-state index contributed by atoms with van der Waals surface area (Å²) in [5.41, 5.74) is 4.65. The van der Waals surface area contributed by atoms with Gasteiger partial charge in [0.05, 0.1) is 16.5 Å². The van der Waals surface area contributed by atoms with Gasteiger partial charge in [0.2, 0.25) is 0 Å². The van der Waals surface area contributed by atoms with E-state index in [1.165, 1.54) is 5.56 Å². The van der Waals surface area contributed by atoms with E-state index in [1.807, 2.05) is 31.2 Å². The first-order valence-corrected chi connectivity index (χ1v) is 8.31. The van der Waals surface area contributed by atoms with Crippen molar-refractivity contribution >= 4 is 29.1 Å². The van der Waals surface area contributed by atoms with Crippen molar-refractivity contribution in [1.82, 2.24) is 0 Å². The molecular weight excluding hydrogens is 330 g/mol. The predicted molar refractivity (Wildman–Crippen MR) is 92.2 cm³/mol. The van der Waals surface area contributed by atoms with Gasteiger partial charge in [-0.1, -0.05) is 35.4 Å². The highest BCUT2D eigenvalue weighted by Crippen LogP contribution is 2.29. The molecule has 0 bridgehead atoms. The van der Waals surface area contributed by atoms with Crippen LogP contribution in [0.5, 0.6) is 0 Å². The summed E-state index contributed by atoms with van der Waals surface area (Å²) in [7, 11) is 0. The second-order valence-electron chi connectivity index (χ2n) is 5.37. The van der Waals surface area contributed by atoms with Gasteiger partial charge in [-0.05, 0) is 31.2 Å². The zero-order chi connectivity index (χ0) is 16.4. The first-order valence-electron chi connectivity index (χ1n) is 7.10. The SMILES string of the molecule is Cc1ccc(Cl)c(-c2cs[n+](Cc3ccc(C(=O)O)cc3)c2)c1. The highest BCUT2D eigenvalue weighted by atomic mass is 35.5. The maximum absolute atomic E-state index is 10.9. The normalized spacial score (nSPS) is 10.7. The molecule has 0 aliphatic heterocycles. The predicted octanol–water partition coefficient (Wildman–Crippen LogP) is 4.41. The van der Waals surface area contributed by atoms with Gasteiger partial charge in [0.1, 0.15) is 11.5 Å². The molecule has 0 fully saturated rings. The summed E-state index contributed by atoms with van der Waals surface area (Å²) < 4.78 is 2.10. The quantitative estimate of drug-likeness (QED) is 0.712. The minimum Gasteiger partial charge on any atom is -0.478 e. The fourth-order valence-corrected chi connectivity index (χ4v) is 3.41. The fraction of sp³-hybridized carbons (Fsp3) is 0.111. The van der Waals surface area contributed by atoms with E-state index in [0.717, 1.165) is 21.7 Å². The van der Waals surface area contributed by atoms with Crippen LogP contribution in [-0.2, 0) is 6.54 Å². The zero-order valence-corrected chi connectivity index (χ0v) is 14.1. The minimum absolute atomic E-state index is 0.303. The van der Waals surface area contributed by atoms with Crippen LogP contribution in [0.2, 0.25) is 5.02 Å². The van der Waals surface area contributed by atoms with Gasteiger partial charge in [-0.25, -0.2) is 4.79 Å². The van der Waals surface area contributed by atoms with Gasteiger partial charge < -0.3 is 5.11 Å². The molecule has 0 aliphatic carbocycles. The zero-order valence-electron chi connectivity index (χ0n) is 12.5. The van der Waals surface area contributed by atoms with Crippen LogP contribution >= 0.6 is 23.1 Å². The topological polar surface area (TPSA) is 41.2 Å². The lowest BCUT2D eigenvalue weighted by Gasteiger charge is -2.01. The lowest BCUT2D eigenvalue weighted by Crippen LogP contribution is -2.28. The fourth-order valence-electron chi connectivity index (χ4n) is 2.35. The molecule has 116 valence electrons. The smallest absolute Gasteiger partial charge is 0.335 e. The second-order valence-corrected chi connectivity index (χ2v) is 6.69. The number of benzene rings is 2. The van der Waals surface area contributed by atoms with Crippen molar-refractivity contribution in [3.05, 3.63) is 75.8 Å². The molecule has 3 rings (SSSR count). The number of rotatable bonds is 4. The first kappa shape index (κ1) is 15.7. The Morgan fingerprint density at radius 2 is 1.96 bits per heavy atom. The Bertz CT molecular complexity index is 856. The van der Waals surface area contributed by atoms with Crippen molar-refractivity contribution < 1.29 is 13.9 Å². The maximum atomic E-state index is 10.9. The Kier molecular flexibility index (Phi) is 4.46. The maximum Gasteiger partial charge on any atom is 0.335 e. The molecular formula is C18H15ClNO2S+. The summed E-state index contributed by atoms with van der Waals surface area (Å²) in [6.07, 6.45) is 2.07. The molecule has 0 atom stereocenters. The number of carboxylic acid groups (broad SMARTS) is 1. The molecule has 3 aromatic rings. The monoisotopic (exact) mass is 344 g/mol. The molecule has 23 heavy (non-hydrogen) atoms. The van der Waals surface area contributed by atoms with Gasteiger partial charge in [-0.2, -0.15) is 0 Å². The van der Waals surface area contributed by atoms with Gasteiger partial charge >= 0.3 is 5.97 Å². The summed E-state index contributed by atoms with van der Waals surface area (Å²) in [6.45, 7) is 2.75. The van der Waals surface area contributed by atoms with Crippen molar-refractivity contribution in [1.29, 1.82) is 0 Å². The van der Waals surface area contributed by atoms with Crippen LogP contribution in [-0.4, -0.2) is 11.1 Å². The molecule has 0 saturated carbocycles. The lowest BCUT2D eigenvalue weighted by molar-refractivity contribution is -0.618. The molecule has 3 nitrogen and oxygen atoms in total. The van der Waals surface area contributed by atoms with Gasteiger partial charge in [0.15, 0.2) is 12.7 Å². The van der Waals surface area contributed by atoms with E-state index in [1.54, 1.807) is 23.7 Å². The van der Waals surface area contributed by atoms with Crippen molar-refractivity contribution in [3.63, 3.8) is 0 Å². The van der Waals surface area contributed by atoms with Crippen molar-refractivity contribution in [2.45, 2.75) is 13.5 Å². The average molecular weight is 345 g/mol. The Morgan fingerprint density at radius 3 is 2.65 bits per heavy atom. The Morgan fingerprint density at radius 1 is 1.22 bits per heavy atom. The molecule has 1 N–H and O–H groups in total.